The summed E-state index contributed by atoms with van der Waals surface area (Å²) in [4.78, 5) is 33.9. The zero-order chi connectivity index (χ0) is 24.9. The average Bonchev–Trinajstić information content (AvgIpc) is 2.88. The summed E-state index contributed by atoms with van der Waals surface area (Å²) >= 11 is 3.50. The van der Waals surface area contributed by atoms with Crippen LogP contribution in [0.3, 0.4) is 0 Å². The SMILES string of the molecule is CCCN(C(=O)Nc1ccccc1Br)C(C)c1nc2ccccc2c(=O)n1-c1ccccc1CC. The molecule has 0 fully saturated rings. The van der Waals surface area contributed by atoms with Gasteiger partial charge in [0.05, 0.1) is 28.3 Å². The fraction of sp³-hybridized carbons (Fsp3) is 0.250. The second-order valence-corrected chi connectivity index (χ2v) is 9.24. The van der Waals surface area contributed by atoms with E-state index in [0.29, 0.717) is 29.0 Å². The second kappa shape index (κ2) is 10.9. The molecule has 6 nitrogen and oxygen atoms in total. The number of hydrogen-bond donors (Lipinski definition) is 1. The summed E-state index contributed by atoms with van der Waals surface area (Å²) in [5.74, 6) is 0.533. The lowest BCUT2D eigenvalue weighted by Crippen LogP contribution is -2.40. The molecule has 3 aromatic carbocycles. The fourth-order valence-electron chi connectivity index (χ4n) is 4.29. The molecule has 0 aliphatic heterocycles. The predicted molar refractivity (Wildman–Crippen MR) is 145 cm³/mol. The Kier molecular flexibility index (Phi) is 7.66. The summed E-state index contributed by atoms with van der Waals surface area (Å²) in [6, 6.07) is 22.0. The van der Waals surface area contributed by atoms with Crippen LogP contribution < -0.4 is 10.9 Å². The van der Waals surface area contributed by atoms with Gasteiger partial charge in [0.15, 0.2) is 0 Å². The van der Waals surface area contributed by atoms with Crippen molar-refractivity contribution in [3.63, 3.8) is 0 Å². The maximum atomic E-state index is 13.8. The summed E-state index contributed by atoms with van der Waals surface area (Å²) in [5.41, 5.74) is 3.00. The zero-order valence-electron chi connectivity index (χ0n) is 20.2. The number of anilines is 1. The van der Waals surface area contributed by atoms with Gasteiger partial charge in [0.1, 0.15) is 5.82 Å². The lowest BCUT2D eigenvalue weighted by molar-refractivity contribution is 0.189. The van der Waals surface area contributed by atoms with Gasteiger partial charge in [-0.2, -0.15) is 0 Å². The van der Waals surface area contributed by atoms with Crippen molar-refractivity contribution < 1.29 is 4.79 Å². The molecule has 0 radical (unpaired) electrons. The minimum Gasteiger partial charge on any atom is -0.315 e. The number of aryl methyl sites for hydroxylation is 1. The number of halogens is 1. The first kappa shape index (κ1) is 24.7. The number of urea groups is 1. The molecule has 1 N–H and O–H groups in total. The number of fused-ring (bicyclic) bond motifs is 1. The van der Waals surface area contributed by atoms with Crippen LogP contribution in [0.2, 0.25) is 0 Å². The van der Waals surface area contributed by atoms with Crippen LogP contribution in [-0.4, -0.2) is 27.0 Å². The lowest BCUT2D eigenvalue weighted by atomic mass is 10.1. The van der Waals surface area contributed by atoms with Crippen molar-refractivity contribution in [3.8, 4) is 5.69 Å². The van der Waals surface area contributed by atoms with E-state index in [2.05, 4.69) is 28.2 Å². The molecule has 4 aromatic rings. The summed E-state index contributed by atoms with van der Waals surface area (Å²) in [6.07, 6.45) is 1.53. The van der Waals surface area contributed by atoms with Crippen LogP contribution in [0, 0.1) is 0 Å². The van der Waals surface area contributed by atoms with Gasteiger partial charge in [-0.3, -0.25) is 9.36 Å². The van der Waals surface area contributed by atoms with Crippen molar-refractivity contribution >= 4 is 38.6 Å². The summed E-state index contributed by atoms with van der Waals surface area (Å²) in [6.45, 7) is 6.53. The highest BCUT2D eigenvalue weighted by molar-refractivity contribution is 9.10. The largest absolute Gasteiger partial charge is 0.322 e. The number of nitrogens with one attached hydrogen (secondary N) is 1. The van der Waals surface area contributed by atoms with Gasteiger partial charge >= 0.3 is 6.03 Å². The summed E-state index contributed by atoms with van der Waals surface area (Å²) < 4.78 is 2.48. The Morgan fingerprint density at radius 1 is 1.03 bits per heavy atom. The molecule has 0 bridgehead atoms. The van der Waals surface area contributed by atoms with Crippen LogP contribution >= 0.6 is 15.9 Å². The Morgan fingerprint density at radius 2 is 1.71 bits per heavy atom. The van der Waals surface area contributed by atoms with E-state index in [4.69, 9.17) is 4.98 Å². The van der Waals surface area contributed by atoms with Crippen molar-refractivity contribution in [2.45, 2.75) is 39.7 Å². The van der Waals surface area contributed by atoms with E-state index in [-0.39, 0.29) is 11.6 Å². The maximum absolute atomic E-state index is 13.8. The molecule has 2 amide bonds. The minimum absolute atomic E-state index is 0.138. The molecule has 1 unspecified atom stereocenters. The van der Waals surface area contributed by atoms with Crippen molar-refractivity contribution in [2.24, 2.45) is 0 Å². The van der Waals surface area contributed by atoms with E-state index in [1.54, 1.807) is 15.5 Å². The van der Waals surface area contributed by atoms with Crippen LogP contribution in [0.4, 0.5) is 10.5 Å². The van der Waals surface area contributed by atoms with Crippen molar-refractivity contribution in [1.29, 1.82) is 0 Å². The number of para-hydroxylation sites is 3. The Balaban J connectivity index is 1.87. The third kappa shape index (κ3) is 5.00. The van der Waals surface area contributed by atoms with Crippen LogP contribution in [0.1, 0.15) is 44.6 Å². The number of carbonyl (C=O) groups is 1. The van der Waals surface area contributed by atoms with Gasteiger partial charge in [-0.15, -0.1) is 0 Å². The quantitative estimate of drug-likeness (QED) is 0.287. The second-order valence-electron chi connectivity index (χ2n) is 8.39. The molecule has 4 rings (SSSR count). The van der Waals surface area contributed by atoms with Crippen LogP contribution in [0.25, 0.3) is 16.6 Å². The topological polar surface area (TPSA) is 67.2 Å². The smallest absolute Gasteiger partial charge is 0.315 e. The Bertz CT molecular complexity index is 1420. The number of aromatic nitrogens is 2. The molecule has 35 heavy (non-hydrogen) atoms. The Morgan fingerprint density at radius 3 is 2.46 bits per heavy atom. The van der Waals surface area contributed by atoms with Gasteiger partial charge in [0.25, 0.3) is 5.56 Å². The standard InChI is InChI=1S/C28H29BrN4O2/c1-4-18-32(28(35)31-24-16-10-8-14-22(24)29)19(3)26-30-23-15-9-7-13-21(23)27(34)33(26)25-17-11-6-12-20(25)5-2/h6-17,19H,4-5,18H2,1-3H3,(H,31,35). The van der Waals surface area contributed by atoms with Gasteiger partial charge in [0.2, 0.25) is 0 Å². The highest BCUT2D eigenvalue weighted by Gasteiger charge is 2.27. The van der Waals surface area contributed by atoms with E-state index in [9.17, 15) is 9.59 Å². The predicted octanol–water partition coefficient (Wildman–Crippen LogP) is 6.72. The molecule has 1 heterocycles. The molecule has 180 valence electrons. The van der Waals surface area contributed by atoms with Gasteiger partial charge in [-0.25, -0.2) is 9.78 Å². The van der Waals surface area contributed by atoms with Gasteiger partial charge in [-0.05, 0) is 71.6 Å². The summed E-state index contributed by atoms with van der Waals surface area (Å²) in [7, 11) is 0. The van der Waals surface area contributed by atoms with E-state index >= 15 is 0 Å². The van der Waals surface area contributed by atoms with E-state index in [0.717, 1.165) is 28.6 Å². The van der Waals surface area contributed by atoms with Crippen molar-refractivity contribution in [1.82, 2.24) is 14.5 Å². The molecular weight excluding hydrogens is 504 g/mol. The third-order valence-electron chi connectivity index (χ3n) is 6.10. The highest BCUT2D eigenvalue weighted by atomic mass is 79.9. The number of rotatable bonds is 7. The highest BCUT2D eigenvalue weighted by Crippen LogP contribution is 2.27. The molecule has 1 atom stereocenters. The van der Waals surface area contributed by atoms with Crippen molar-refractivity contribution in [2.75, 3.05) is 11.9 Å². The van der Waals surface area contributed by atoms with Crippen molar-refractivity contribution in [3.05, 3.63) is 99.0 Å². The molecule has 0 aliphatic carbocycles. The van der Waals surface area contributed by atoms with Gasteiger partial charge in [-0.1, -0.05) is 56.3 Å². The lowest BCUT2D eigenvalue weighted by Gasteiger charge is -2.31. The molecule has 0 aliphatic rings. The number of nitrogens with zero attached hydrogens (tertiary/aromatic N) is 3. The third-order valence-corrected chi connectivity index (χ3v) is 6.79. The maximum Gasteiger partial charge on any atom is 0.322 e. The van der Waals surface area contributed by atoms with Crippen LogP contribution in [0.15, 0.2) is 82.1 Å². The molecule has 0 spiro atoms. The number of amides is 2. The van der Waals surface area contributed by atoms with Crippen LogP contribution in [0.5, 0.6) is 0 Å². The molecule has 1 aromatic heterocycles. The Labute approximate surface area is 213 Å². The number of hydrogen-bond acceptors (Lipinski definition) is 3. The zero-order valence-corrected chi connectivity index (χ0v) is 21.7. The van der Waals surface area contributed by atoms with E-state index in [1.807, 2.05) is 80.6 Å². The first-order chi connectivity index (χ1) is 17.0. The first-order valence-electron chi connectivity index (χ1n) is 11.9. The fourth-order valence-corrected chi connectivity index (χ4v) is 4.68. The minimum atomic E-state index is -0.459. The molecular formula is C28H29BrN4O2. The molecule has 0 saturated carbocycles. The first-order valence-corrected chi connectivity index (χ1v) is 12.7. The van der Waals surface area contributed by atoms with E-state index in [1.165, 1.54) is 0 Å². The number of benzene rings is 3. The average molecular weight is 533 g/mol. The molecule has 0 saturated heterocycles. The van der Waals surface area contributed by atoms with E-state index < -0.39 is 6.04 Å². The summed E-state index contributed by atoms with van der Waals surface area (Å²) in [5, 5.41) is 3.55. The van der Waals surface area contributed by atoms with Gasteiger partial charge in [0, 0.05) is 11.0 Å². The monoisotopic (exact) mass is 532 g/mol. The van der Waals surface area contributed by atoms with Gasteiger partial charge < -0.3 is 10.2 Å². The number of carbonyl (C=O) groups excluding carboxylic acids is 1. The van der Waals surface area contributed by atoms with Crippen LogP contribution in [-0.2, 0) is 6.42 Å². The molecule has 7 heteroatoms. The Hall–Kier alpha value is -3.45. The normalized spacial score (nSPS) is 11.9.